The number of carbonyl (C=O) groups is 2. The zero-order chi connectivity index (χ0) is 15.4. The van der Waals surface area contributed by atoms with Crippen LogP contribution in [0.15, 0.2) is 24.3 Å². The van der Waals surface area contributed by atoms with Crippen LogP contribution in [0.3, 0.4) is 0 Å². The second kappa shape index (κ2) is 6.80. The van der Waals surface area contributed by atoms with Crippen molar-refractivity contribution >= 4 is 29.2 Å². The fourth-order valence-corrected chi connectivity index (χ4v) is 2.58. The number of nitrogens with one attached hydrogen (secondary N) is 1. The van der Waals surface area contributed by atoms with E-state index in [2.05, 4.69) is 5.32 Å². The predicted octanol–water partition coefficient (Wildman–Crippen LogP) is 2.50. The first-order chi connectivity index (χ1) is 10.0. The number of hydrogen-bond acceptors (Lipinski definition) is 2. The van der Waals surface area contributed by atoms with Gasteiger partial charge in [0.2, 0.25) is 5.91 Å². The number of halogens is 1. The van der Waals surface area contributed by atoms with Crippen LogP contribution in [0, 0.1) is 0 Å². The van der Waals surface area contributed by atoms with Crippen LogP contribution in [-0.2, 0) is 4.79 Å². The summed E-state index contributed by atoms with van der Waals surface area (Å²) in [5.41, 5.74) is 0.809. The van der Waals surface area contributed by atoms with Crippen molar-refractivity contribution in [3.05, 3.63) is 29.3 Å². The Morgan fingerprint density at radius 2 is 1.95 bits per heavy atom. The zero-order valence-electron chi connectivity index (χ0n) is 12.3. The highest BCUT2D eigenvalue weighted by Crippen LogP contribution is 2.23. The van der Waals surface area contributed by atoms with Crippen LogP contribution in [0.1, 0.15) is 20.3 Å². The molecule has 6 heteroatoms. The summed E-state index contributed by atoms with van der Waals surface area (Å²) >= 11 is 5.85. The van der Waals surface area contributed by atoms with Crippen molar-refractivity contribution in [3.8, 4) is 0 Å². The fraction of sp³-hybridized carbons (Fsp3) is 0.467. The quantitative estimate of drug-likeness (QED) is 0.929. The van der Waals surface area contributed by atoms with Crippen molar-refractivity contribution in [1.29, 1.82) is 0 Å². The molecule has 0 spiro atoms. The lowest BCUT2D eigenvalue weighted by atomic mass is 10.2. The van der Waals surface area contributed by atoms with Crippen LogP contribution in [0.5, 0.6) is 0 Å². The van der Waals surface area contributed by atoms with E-state index in [0.29, 0.717) is 31.1 Å². The minimum absolute atomic E-state index is 0.0159. The van der Waals surface area contributed by atoms with E-state index < -0.39 is 0 Å². The van der Waals surface area contributed by atoms with Crippen LogP contribution >= 0.6 is 11.6 Å². The molecule has 1 heterocycles. The average Bonchev–Trinajstić information content (AvgIpc) is 2.81. The summed E-state index contributed by atoms with van der Waals surface area (Å²) in [5.74, 6) is 0.0159. The van der Waals surface area contributed by atoms with Gasteiger partial charge < -0.3 is 15.1 Å². The molecule has 1 aromatic rings. The first-order valence-corrected chi connectivity index (χ1v) is 7.54. The SMILES string of the molecule is CCN(CC)C(=O)N[C@@H]1CC(=O)N(c2ccc(Cl)cc2)C1. The summed E-state index contributed by atoms with van der Waals surface area (Å²) < 4.78 is 0. The van der Waals surface area contributed by atoms with E-state index >= 15 is 0 Å². The molecule has 0 aromatic heterocycles. The molecule has 114 valence electrons. The van der Waals surface area contributed by atoms with E-state index in [-0.39, 0.29) is 18.0 Å². The van der Waals surface area contributed by atoms with Gasteiger partial charge in [-0.05, 0) is 38.1 Å². The molecule has 3 amide bonds. The van der Waals surface area contributed by atoms with E-state index in [0.717, 1.165) is 5.69 Å². The van der Waals surface area contributed by atoms with Crippen molar-refractivity contribution in [2.24, 2.45) is 0 Å². The van der Waals surface area contributed by atoms with E-state index in [4.69, 9.17) is 11.6 Å². The summed E-state index contributed by atoms with van der Waals surface area (Å²) in [7, 11) is 0. The Morgan fingerprint density at radius 3 is 2.52 bits per heavy atom. The maximum atomic E-state index is 12.1. The lowest BCUT2D eigenvalue weighted by Crippen LogP contribution is -2.45. The Hall–Kier alpha value is -1.75. The summed E-state index contributed by atoms with van der Waals surface area (Å²) in [6.07, 6.45) is 0.329. The van der Waals surface area contributed by atoms with E-state index in [1.807, 2.05) is 26.0 Å². The average molecular weight is 310 g/mol. The first-order valence-electron chi connectivity index (χ1n) is 7.16. The van der Waals surface area contributed by atoms with E-state index in [1.54, 1.807) is 21.9 Å². The van der Waals surface area contributed by atoms with Crippen LogP contribution in [-0.4, -0.2) is 42.5 Å². The van der Waals surface area contributed by atoms with Gasteiger partial charge in [0.05, 0.1) is 6.04 Å². The molecule has 2 rings (SSSR count). The molecule has 1 N–H and O–H groups in total. The summed E-state index contributed by atoms with van der Waals surface area (Å²) in [6.45, 7) is 5.67. The lowest BCUT2D eigenvalue weighted by molar-refractivity contribution is -0.117. The zero-order valence-corrected chi connectivity index (χ0v) is 13.1. The molecule has 21 heavy (non-hydrogen) atoms. The molecular weight excluding hydrogens is 290 g/mol. The highest BCUT2D eigenvalue weighted by atomic mass is 35.5. The number of nitrogens with zero attached hydrogens (tertiary/aromatic N) is 2. The van der Waals surface area contributed by atoms with Gasteiger partial charge in [-0.15, -0.1) is 0 Å². The van der Waals surface area contributed by atoms with Crippen molar-refractivity contribution in [2.45, 2.75) is 26.3 Å². The van der Waals surface area contributed by atoms with Gasteiger partial charge in [0.25, 0.3) is 0 Å². The number of rotatable bonds is 4. The maximum absolute atomic E-state index is 12.1. The van der Waals surface area contributed by atoms with Gasteiger partial charge in [0.15, 0.2) is 0 Å². The highest BCUT2D eigenvalue weighted by molar-refractivity contribution is 6.30. The number of carbonyl (C=O) groups excluding carboxylic acids is 2. The topological polar surface area (TPSA) is 52.7 Å². The second-order valence-corrected chi connectivity index (χ2v) is 5.44. The van der Waals surface area contributed by atoms with Crippen molar-refractivity contribution in [2.75, 3.05) is 24.5 Å². The monoisotopic (exact) mass is 309 g/mol. The van der Waals surface area contributed by atoms with Gasteiger partial charge in [-0.2, -0.15) is 0 Å². The van der Waals surface area contributed by atoms with Gasteiger partial charge in [-0.1, -0.05) is 11.6 Å². The molecule has 0 saturated carbocycles. The first kappa shape index (κ1) is 15.6. The molecule has 1 atom stereocenters. The molecule has 1 aromatic carbocycles. The normalized spacial score (nSPS) is 18.0. The van der Waals surface area contributed by atoms with E-state index in [1.165, 1.54) is 0 Å². The number of anilines is 1. The largest absolute Gasteiger partial charge is 0.333 e. The van der Waals surface area contributed by atoms with E-state index in [9.17, 15) is 9.59 Å². The van der Waals surface area contributed by atoms with Gasteiger partial charge in [0, 0.05) is 36.8 Å². The number of urea groups is 1. The third-order valence-electron chi connectivity index (χ3n) is 3.64. The fourth-order valence-electron chi connectivity index (χ4n) is 2.45. The predicted molar refractivity (Wildman–Crippen MR) is 83.7 cm³/mol. The summed E-state index contributed by atoms with van der Waals surface area (Å²) in [4.78, 5) is 27.5. The maximum Gasteiger partial charge on any atom is 0.317 e. The van der Waals surface area contributed by atoms with Crippen LogP contribution < -0.4 is 10.2 Å². The van der Waals surface area contributed by atoms with Gasteiger partial charge in [-0.25, -0.2) is 4.79 Å². The number of hydrogen-bond donors (Lipinski definition) is 1. The molecule has 0 aliphatic carbocycles. The Kier molecular flexibility index (Phi) is 5.07. The molecule has 0 radical (unpaired) electrons. The molecular formula is C15H20ClN3O2. The van der Waals surface area contributed by atoms with Crippen molar-refractivity contribution in [1.82, 2.24) is 10.2 Å². The van der Waals surface area contributed by atoms with Crippen molar-refractivity contribution < 1.29 is 9.59 Å². The minimum atomic E-state index is -0.152. The Morgan fingerprint density at radius 1 is 1.33 bits per heavy atom. The van der Waals surface area contributed by atoms with Gasteiger partial charge in [0.1, 0.15) is 0 Å². The molecule has 5 nitrogen and oxygen atoms in total. The van der Waals surface area contributed by atoms with Crippen LogP contribution in [0.4, 0.5) is 10.5 Å². The third-order valence-corrected chi connectivity index (χ3v) is 3.89. The molecule has 0 unspecified atom stereocenters. The third kappa shape index (κ3) is 3.67. The molecule has 1 saturated heterocycles. The second-order valence-electron chi connectivity index (χ2n) is 5.00. The number of benzene rings is 1. The number of amides is 3. The Bertz CT molecular complexity index is 514. The molecule has 1 aliphatic heterocycles. The highest BCUT2D eigenvalue weighted by Gasteiger charge is 2.32. The smallest absolute Gasteiger partial charge is 0.317 e. The van der Waals surface area contributed by atoms with Crippen LogP contribution in [0.2, 0.25) is 5.02 Å². The molecule has 1 aliphatic rings. The summed E-state index contributed by atoms with van der Waals surface area (Å²) in [6, 6.07) is 6.87. The summed E-state index contributed by atoms with van der Waals surface area (Å²) in [5, 5.41) is 3.56. The van der Waals surface area contributed by atoms with Crippen molar-refractivity contribution in [3.63, 3.8) is 0 Å². The van der Waals surface area contributed by atoms with Gasteiger partial charge in [-0.3, -0.25) is 4.79 Å². The van der Waals surface area contributed by atoms with Gasteiger partial charge >= 0.3 is 6.03 Å². The lowest BCUT2D eigenvalue weighted by Gasteiger charge is -2.22. The Balaban J connectivity index is 1.99. The Labute approximate surface area is 129 Å². The minimum Gasteiger partial charge on any atom is -0.333 e. The molecule has 1 fully saturated rings. The van der Waals surface area contributed by atoms with Crippen LogP contribution in [0.25, 0.3) is 0 Å². The molecule has 0 bridgehead atoms. The standard InChI is InChI=1S/C15H20ClN3O2/c1-3-18(4-2)15(21)17-12-9-14(20)19(10-12)13-7-5-11(16)6-8-13/h5-8,12H,3-4,9-10H2,1-2H3,(H,17,21)/t12-/m1/s1.